The van der Waals surface area contributed by atoms with Crippen molar-refractivity contribution < 1.29 is 9.21 Å². The average Bonchev–Trinajstić information content (AvgIpc) is 2.92. The highest BCUT2D eigenvalue weighted by Crippen LogP contribution is 2.28. The van der Waals surface area contributed by atoms with Crippen molar-refractivity contribution in [1.82, 2.24) is 10.2 Å². The standard InChI is InChI=1S/C16H18N2O2/c19-16(13-10-20-15-4-2-1-3-12(13)15)17-14-9-18-7-5-11(14)6-8-18/h1-4,10-11,14H,5-9H2,(H,17,19). The number of furan rings is 1. The minimum atomic E-state index is -0.00583. The van der Waals surface area contributed by atoms with Crippen LogP contribution in [0.5, 0.6) is 0 Å². The monoisotopic (exact) mass is 270 g/mol. The van der Waals surface area contributed by atoms with Crippen molar-refractivity contribution >= 4 is 16.9 Å². The molecule has 4 heterocycles. The number of amides is 1. The van der Waals surface area contributed by atoms with Gasteiger partial charge in [0.05, 0.1) is 5.56 Å². The van der Waals surface area contributed by atoms with Crippen LogP contribution in [0.15, 0.2) is 34.9 Å². The molecule has 4 nitrogen and oxygen atoms in total. The van der Waals surface area contributed by atoms with Gasteiger partial charge in [-0.25, -0.2) is 0 Å². The molecule has 1 unspecified atom stereocenters. The van der Waals surface area contributed by atoms with E-state index in [1.165, 1.54) is 25.9 Å². The smallest absolute Gasteiger partial charge is 0.255 e. The minimum Gasteiger partial charge on any atom is -0.463 e. The van der Waals surface area contributed by atoms with Crippen molar-refractivity contribution in [1.29, 1.82) is 0 Å². The maximum absolute atomic E-state index is 12.5. The Morgan fingerprint density at radius 1 is 1.25 bits per heavy atom. The zero-order valence-electron chi connectivity index (χ0n) is 11.3. The van der Waals surface area contributed by atoms with Crippen LogP contribution in [0.25, 0.3) is 11.0 Å². The third-order valence-corrected chi connectivity index (χ3v) is 4.70. The molecular weight excluding hydrogens is 252 g/mol. The SMILES string of the molecule is O=C(NC1CN2CCC1CC2)c1coc2ccccc12. The molecule has 4 heteroatoms. The molecule has 1 N–H and O–H groups in total. The van der Waals surface area contributed by atoms with Gasteiger partial charge in [0.25, 0.3) is 5.91 Å². The summed E-state index contributed by atoms with van der Waals surface area (Å²) in [6, 6.07) is 7.97. The molecule has 1 atom stereocenters. The fourth-order valence-electron chi connectivity index (χ4n) is 3.53. The number of hydrogen-bond donors (Lipinski definition) is 1. The zero-order chi connectivity index (χ0) is 13.5. The molecule has 3 fully saturated rings. The number of nitrogens with one attached hydrogen (secondary N) is 1. The summed E-state index contributed by atoms with van der Waals surface area (Å²) in [7, 11) is 0. The molecule has 5 rings (SSSR count). The summed E-state index contributed by atoms with van der Waals surface area (Å²) < 4.78 is 5.45. The Kier molecular flexibility index (Phi) is 2.77. The molecule has 0 aliphatic carbocycles. The second-order valence-corrected chi connectivity index (χ2v) is 5.86. The van der Waals surface area contributed by atoms with Crippen molar-refractivity contribution in [2.45, 2.75) is 18.9 Å². The first-order valence-corrected chi connectivity index (χ1v) is 7.31. The van der Waals surface area contributed by atoms with Crippen LogP contribution in [0.1, 0.15) is 23.2 Å². The molecule has 1 aromatic heterocycles. The number of rotatable bonds is 2. The summed E-state index contributed by atoms with van der Waals surface area (Å²) in [5.41, 5.74) is 1.42. The van der Waals surface area contributed by atoms with E-state index >= 15 is 0 Å². The van der Waals surface area contributed by atoms with E-state index in [0.29, 0.717) is 17.5 Å². The third-order valence-electron chi connectivity index (χ3n) is 4.70. The van der Waals surface area contributed by atoms with Gasteiger partial charge in [0.2, 0.25) is 0 Å². The van der Waals surface area contributed by atoms with Gasteiger partial charge in [0, 0.05) is 18.0 Å². The van der Waals surface area contributed by atoms with Crippen LogP contribution < -0.4 is 5.32 Å². The molecule has 3 saturated heterocycles. The highest BCUT2D eigenvalue weighted by Gasteiger charge is 2.35. The van der Waals surface area contributed by atoms with Gasteiger partial charge in [-0.05, 0) is 37.9 Å². The van der Waals surface area contributed by atoms with Crippen molar-refractivity contribution in [3.8, 4) is 0 Å². The number of para-hydroxylation sites is 1. The van der Waals surface area contributed by atoms with E-state index in [0.717, 1.165) is 17.5 Å². The van der Waals surface area contributed by atoms with Crippen molar-refractivity contribution in [2.24, 2.45) is 5.92 Å². The van der Waals surface area contributed by atoms with Crippen LogP contribution in [0.2, 0.25) is 0 Å². The van der Waals surface area contributed by atoms with Gasteiger partial charge in [0.15, 0.2) is 0 Å². The molecule has 3 aliphatic heterocycles. The van der Waals surface area contributed by atoms with Crippen molar-refractivity contribution in [2.75, 3.05) is 19.6 Å². The highest BCUT2D eigenvalue weighted by molar-refractivity contribution is 6.06. The summed E-state index contributed by atoms with van der Waals surface area (Å²) in [6.45, 7) is 3.36. The fourth-order valence-corrected chi connectivity index (χ4v) is 3.53. The number of carbonyl (C=O) groups is 1. The Hall–Kier alpha value is -1.81. The largest absolute Gasteiger partial charge is 0.463 e. The van der Waals surface area contributed by atoms with E-state index in [2.05, 4.69) is 10.2 Å². The number of hydrogen-bond acceptors (Lipinski definition) is 3. The van der Waals surface area contributed by atoms with Crippen LogP contribution in [-0.2, 0) is 0 Å². The Morgan fingerprint density at radius 2 is 2.05 bits per heavy atom. The Balaban J connectivity index is 1.56. The quantitative estimate of drug-likeness (QED) is 0.910. The van der Waals surface area contributed by atoms with E-state index in [-0.39, 0.29) is 5.91 Å². The second-order valence-electron chi connectivity index (χ2n) is 5.86. The van der Waals surface area contributed by atoms with Crippen LogP contribution in [0.3, 0.4) is 0 Å². The van der Waals surface area contributed by atoms with E-state index in [1.807, 2.05) is 24.3 Å². The lowest BCUT2D eigenvalue weighted by molar-refractivity contribution is 0.0621. The summed E-state index contributed by atoms with van der Waals surface area (Å²) in [5.74, 6) is 0.635. The molecule has 0 saturated carbocycles. The Labute approximate surface area is 117 Å². The molecule has 0 spiro atoms. The topological polar surface area (TPSA) is 45.5 Å². The van der Waals surface area contributed by atoms with Gasteiger partial charge in [-0.1, -0.05) is 18.2 Å². The number of benzene rings is 1. The molecule has 0 radical (unpaired) electrons. The molecule has 20 heavy (non-hydrogen) atoms. The Morgan fingerprint density at radius 3 is 2.80 bits per heavy atom. The average molecular weight is 270 g/mol. The van der Waals surface area contributed by atoms with E-state index in [4.69, 9.17) is 4.42 Å². The van der Waals surface area contributed by atoms with Crippen LogP contribution in [0, 0.1) is 5.92 Å². The van der Waals surface area contributed by atoms with Crippen LogP contribution in [0.4, 0.5) is 0 Å². The molecule has 2 bridgehead atoms. The first-order valence-electron chi connectivity index (χ1n) is 7.31. The summed E-state index contributed by atoms with van der Waals surface area (Å²) in [4.78, 5) is 14.9. The van der Waals surface area contributed by atoms with Gasteiger partial charge in [-0.2, -0.15) is 0 Å². The number of nitrogens with zero attached hydrogens (tertiary/aromatic N) is 1. The summed E-state index contributed by atoms with van der Waals surface area (Å²) >= 11 is 0. The summed E-state index contributed by atoms with van der Waals surface area (Å²) in [6.07, 6.45) is 3.98. The predicted molar refractivity (Wildman–Crippen MR) is 76.6 cm³/mol. The van der Waals surface area contributed by atoms with Crippen molar-refractivity contribution in [3.63, 3.8) is 0 Å². The highest BCUT2D eigenvalue weighted by atomic mass is 16.3. The fraction of sp³-hybridized carbons (Fsp3) is 0.438. The van der Waals surface area contributed by atoms with Gasteiger partial charge in [-0.3, -0.25) is 4.79 Å². The van der Waals surface area contributed by atoms with E-state index in [1.54, 1.807) is 6.26 Å². The van der Waals surface area contributed by atoms with Gasteiger partial charge in [-0.15, -0.1) is 0 Å². The van der Waals surface area contributed by atoms with E-state index in [9.17, 15) is 4.79 Å². The summed E-state index contributed by atoms with van der Waals surface area (Å²) in [5, 5.41) is 4.10. The molecule has 3 aliphatic rings. The molecule has 1 aromatic carbocycles. The van der Waals surface area contributed by atoms with Gasteiger partial charge in [0.1, 0.15) is 11.8 Å². The minimum absolute atomic E-state index is 0.00583. The number of carbonyl (C=O) groups excluding carboxylic acids is 1. The zero-order valence-corrected chi connectivity index (χ0v) is 11.3. The first-order chi connectivity index (χ1) is 9.81. The lowest BCUT2D eigenvalue weighted by Gasteiger charge is -2.44. The molecule has 104 valence electrons. The first kappa shape index (κ1) is 12.0. The van der Waals surface area contributed by atoms with Crippen LogP contribution >= 0.6 is 0 Å². The maximum Gasteiger partial charge on any atom is 0.255 e. The number of fused-ring (bicyclic) bond motifs is 4. The van der Waals surface area contributed by atoms with Crippen LogP contribution in [-0.4, -0.2) is 36.5 Å². The lowest BCUT2D eigenvalue weighted by Crippen LogP contribution is -2.57. The van der Waals surface area contributed by atoms with E-state index < -0.39 is 0 Å². The van der Waals surface area contributed by atoms with Gasteiger partial charge < -0.3 is 14.6 Å². The van der Waals surface area contributed by atoms with Gasteiger partial charge >= 0.3 is 0 Å². The third kappa shape index (κ3) is 1.91. The molecule has 2 aromatic rings. The normalized spacial score (nSPS) is 28.7. The molecule has 1 amide bonds. The Bertz CT molecular complexity index is 641. The number of piperidine rings is 3. The van der Waals surface area contributed by atoms with Crippen molar-refractivity contribution in [3.05, 3.63) is 36.1 Å². The second kappa shape index (κ2) is 4.63. The molecular formula is C16H18N2O2. The predicted octanol–water partition coefficient (Wildman–Crippen LogP) is 2.26. The lowest BCUT2D eigenvalue weighted by atomic mass is 9.84. The maximum atomic E-state index is 12.5.